The van der Waals surface area contributed by atoms with Crippen LogP contribution in [0.15, 0.2) is 16.8 Å². The summed E-state index contributed by atoms with van der Waals surface area (Å²) in [5.41, 5.74) is 0.807. The third kappa shape index (κ3) is 3.59. The van der Waals surface area contributed by atoms with Crippen molar-refractivity contribution in [1.29, 1.82) is 0 Å². The van der Waals surface area contributed by atoms with E-state index in [4.69, 9.17) is 4.74 Å². The first-order chi connectivity index (χ1) is 9.72. The van der Waals surface area contributed by atoms with E-state index in [-0.39, 0.29) is 12.0 Å². The molecule has 2 fully saturated rings. The van der Waals surface area contributed by atoms with E-state index in [0.717, 1.165) is 18.0 Å². The lowest BCUT2D eigenvalue weighted by Crippen LogP contribution is -2.49. The normalized spacial score (nSPS) is 23.3. The molecule has 1 saturated carbocycles. The summed E-state index contributed by atoms with van der Waals surface area (Å²) < 4.78 is 5.82. The molecule has 20 heavy (non-hydrogen) atoms. The Kier molecular flexibility index (Phi) is 4.38. The maximum Gasteiger partial charge on any atom is 0.254 e. The first-order valence-corrected chi connectivity index (χ1v) is 8.28. The molecule has 1 saturated heterocycles. The third-order valence-electron chi connectivity index (χ3n) is 3.98. The summed E-state index contributed by atoms with van der Waals surface area (Å²) in [6, 6.07) is 1.90. The van der Waals surface area contributed by atoms with E-state index in [1.807, 2.05) is 21.7 Å². The number of hydrogen-bond acceptors (Lipinski definition) is 4. The fraction of sp³-hybridized carbons (Fsp3) is 0.667. The average molecular weight is 294 g/mol. The number of carbonyl (C=O) groups excluding carboxylic acids is 1. The standard InChI is InChI=1S/C15H22N2O2S/c1-16(8-12-2-3-12)9-14-10-17(5-6-19-14)15(18)13-4-7-20-11-13/h4,7,11-12,14H,2-3,5-6,8-10H2,1H3/t14-/m0/s1. The lowest BCUT2D eigenvalue weighted by atomic mass is 10.2. The molecular formula is C15H22N2O2S. The summed E-state index contributed by atoms with van der Waals surface area (Å²) in [6.07, 6.45) is 2.90. The van der Waals surface area contributed by atoms with E-state index in [1.165, 1.54) is 19.4 Å². The Morgan fingerprint density at radius 3 is 3.05 bits per heavy atom. The number of amides is 1. The lowest BCUT2D eigenvalue weighted by Gasteiger charge is -2.34. The van der Waals surface area contributed by atoms with Crippen LogP contribution in [0.2, 0.25) is 0 Å². The number of rotatable bonds is 5. The van der Waals surface area contributed by atoms with E-state index in [9.17, 15) is 4.79 Å². The van der Waals surface area contributed by atoms with Crippen LogP contribution in [-0.4, -0.2) is 61.6 Å². The molecule has 110 valence electrons. The monoisotopic (exact) mass is 294 g/mol. The van der Waals surface area contributed by atoms with Crippen LogP contribution < -0.4 is 0 Å². The van der Waals surface area contributed by atoms with E-state index >= 15 is 0 Å². The molecule has 0 unspecified atom stereocenters. The Morgan fingerprint density at radius 2 is 2.35 bits per heavy atom. The molecular weight excluding hydrogens is 272 g/mol. The van der Waals surface area contributed by atoms with E-state index < -0.39 is 0 Å². The smallest absolute Gasteiger partial charge is 0.254 e. The van der Waals surface area contributed by atoms with Gasteiger partial charge in [-0.15, -0.1) is 0 Å². The minimum absolute atomic E-state index is 0.143. The van der Waals surface area contributed by atoms with Crippen LogP contribution in [0, 0.1) is 5.92 Å². The van der Waals surface area contributed by atoms with Crippen molar-refractivity contribution in [2.24, 2.45) is 5.92 Å². The topological polar surface area (TPSA) is 32.8 Å². The van der Waals surface area contributed by atoms with Crippen molar-refractivity contribution in [3.8, 4) is 0 Å². The molecule has 3 rings (SSSR count). The second-order valence-electron chi connectivity index (χ2n) is 5.92. The van der Waals surface area contributed by atoms with Crippen LogP contribution in [0.4, 0.5) is 0 Å². The highest BCUT2D eigenvalue weighted by Crippen LogP contribution is 2.29. The van der Waals surface area contributed by atoms with Gasteiger partial charge in [0.1, 0.15) is 0 Å². The van der Waals surface area contributed by atoms with Crippen molar-refractivity contribution < 1.29 is 9.53 Å². The molecule has 0 bridgehead atoms. The van der Waals surface area contributed by atoms with Gasteiger partial charge in [0.2, 0.25) is 0 Å². The summed E-state index contributed by atoms with van der Waals surface area (Å²) in [7, 11) is 2.15. The molecule has 1 aromatic rings. The van der Waals surface area contributed by atoms with Gasteiger partial charge in [-0.25, -0.2) is 0 Å². The van der Waals surface area contributed by atoms with E-state index in [2.05, 4.69) is 11.9 Å². The first-order valence-electron chi connectivity index (χ1n) is 7.34. The SMILES string of the molecule is CN(CC1CC1)C[C@H]1CN(C(=O)c2ccsc2)CCO1. The van der Waals surface area contributed by atoms with Gasteiger partial charge in [0.25, 0.3) is 5.91 Å². The minimum atomic E-state index is 0.143. The fourth-order valence-corrected chi connectivity index (χ4v) is 3.38. The predicted octanol–water partition coefficient (Wildman–Crippen LogP) is 1.93. The highest BCUT2D eigenvalue weighted by Gasteiger charge is 2.28. The highest BCUT2D eigenvalue weighted by molar-refractivity contribution is 7.08. The number of hydrogen-bond donors (Lipinski definition) is 0. The molecule has 0 N–H and O–H groups in total. The Labute approximate surface area is 124 Å². The van der Waals surface area contributed by atoms with E-state index in [0.29, 0.717) is 19.7 Å². The summed E-state index contributed by atoms with van der Waals surface area (Å²) in [5, 5.41) is 3.88. The third-order valence-corrected chi connectivity index (χ3v) is 4.66. The van der Waals surface area contributed by atoms with Crippen LogP contribution in [0.1, 0.15) is 23.2 Å². The Balaban J connectivity index is 1.51. The van der Waals surface area contributed by atoms with Crippen molar-refractivity contribution >= 4 is 17.2 Å². The zero-order valence-corrected chi connectivity index (χ0v) is 12.8. The molecule has 1 amide bonds. The molecule has 1 aliphatic carbocycles. The number of carbonyl (C=O) groups is 1. The fourth-order valence-electron chi connectivity index (χ4n) is 2.75. The maximum absolute atomic E-state index is 12.3. The van der Waals surface area contributed by atoms with Gasteiger partial charge in [0, 0.05) is 31.6 Å². The maximum atomic E-state index is 12.3. The molecule has 1 aromatic heterocycles. The van der Waals surface area contributed by atoms with Gasteiger partial charge in [-0.1, -0.05) is 0 Å². The van der Waals surface area contributed by atoms with Gasteiger partial charge in [-0.2, -0.15) is 11.3 Å². The quantitative estimate of drug-likeness (QED) is 0.832. The molecule has 0 aromatic carbocycles. The second kappa shape index (κ2) is 6.24. The zero-order chi connectivity index (χ0) is 13.9. The number of morpholine rings is 1. The molecule has 1 atom stereocenters. The molecule has 2 heterocycles. The van der Waals surface area contributed by atoms with Crippen LogP contribution in [0.5, 0.6) is 0 Å². The molecule has 4 nitrogen and oxygen atoms in total. The average Bonchev–Trinajstić information content (AvgIpc) is 3.08. The number of thiophene rings is 1. The number of likely N-dealkylation sites (N-methyl/N-ethyl adjacent to an activating group) is 1. The van der Waals surface area contributed by atoms with Crippen molar-refractivity contribution in [3.63, 3.8) is 0 Å². The number of ether oxygens (including phenoxy) is 1. The molecule has 1 aliphatic heterocycles. The van der Waals surface area contributed by atoms with Gasteiger partial charge < -0.3 is 14.5 Å². The van der Waals surface area contributed by atoms with E-state index in [1.54, 1.807) is 11.3 Å². The van der Waals surface area contributed by atoms with Crippen LogP contribution in [0.3, 0.4) is 0 Å². The largest absolute Gasteiger partial charge is 0.373 e. The first kappa shape index (κ1) is 14.0. The Morgan fingerprint density at radius 1 is 1.50 bits per heavy atom. The van der Waals surface area contributed by atoms with Gasteiger partial charge >= 0.3 is 0 Å². The summed E-state index contributed by atoms with van der Waals surface area (Å²) in [6.45, 7) is 4.15. The van der Waals surface area contributed by atoms with Crippen molar-refractivity contribution in [2.75, 3.05) is 39.8 Å². The summed E-state index contributed by atoms with van der Waals surface area (Å²) in [4.78, 5) is 16.6. The van der Waals surface area contributed by atoms with Gasteiger partial charge in [0.15, 0.2) is 0 Å². The Hall–Kier alpha value is -0.910. The van der Waals surface area contributed by atoms with Gasteiger partial charge in [-0.3, -0.25) is 4.79 Å². The zero-order valence-electron chi connectivity index (χ0n) is 12.0. The molecule has 0 radical (unpaired) electrons. The molecule has 5 heteroatoms. The summed E-state index contributed by atoms with van der Waals surface area (Å²) >= 11 is 1.57. The minimum Gasteiger partial charge on any atom is -0.373 e. The second-order valence-corrected chi connectivity index (χ2v) is 6.70. The van der Waals surface area contributed by atoms with Crippen molar-refractivity contribution in [3.05, 3.63) is 22.4 Å². The van der Waals surface area contributed by atoms with Gasteiger partial charge in [-0.05, 0) is 37.3 Å². The van der Waals surface area contributed by atoms with Crippen LogP contribution in [0.25, 0.3) is 0 Å². The molecule has 0 spiro atoms. The number of nitrogens with zero attached hydrogens (tertiary/aromatic N) is 2. The van der Waals surface area contributed by atoms with Gasteiger partial charge in [0.05, 0.1) is 18.3 Å². The van der Waals surface area contributed by atoms with Crippen molar-refractivity contribution in [1.82, 2.24) is 9.80 Å². The van der Waals surface area contributed by atoms with Crippen LogP contribution >= 0.6 is 11.3 Å². The Bertz CT molecular complexity index is 445. The van der Waals surface area contributed by atoms with Crippen molar-refractivity contribution in [2.45, 2.75) is 18.9 Å². The lowest BCUT2D eigenvalue weighted by molar-refractivity contribution is -0.0333. The predicted molar refractivity (Wildman–Crippen MR) is 80.2 cm³/mol. The van der Waals surface area contributed by atoms with Crippen LogP contribution in [-0.2, 0) is 4.74 Å². The highest BCUT2D eigenvalue weighted by atomic mass is 32.1. The molecule has 2 aliphatic rings. The summed E-state index contributed by atoms with van der Waals surface area (Å²) in [5.74, 6) is 1.04.